The Bertz CT molecular complexity index is 834. The van der Waals surface area contributed by atoms with Crippen molar-refractivity contribution in [1.82, 2.24) is 4.40 Å². The van der Waals surface area contributed by atoms with E-state index in [0.717, 1.165) is 16.7 Å². The number of hydrogen-bond donors (Lipinski definition) is 0. The molecule has 5 nitrogen and oxygen atoms in total. The van der Waals surface area contributed by atoms with E-state index in [0.29, 0.717) is 11.2 Å². The molecule has 0 aliphatic rings. The molecule has 0 spiro atoms. The number of nitro groups is 1. The molecule has 1 aromatic carbocycles. The maximum atomic E-state index is 11.4. The van der Waals surface area contributed by atoms with Crippen LogP contribution in [0.25, 0.3) is 16.7 Å². The van der Waals surface area contributed by atoms with Gasteiger partial charge < -0.3 is 0 Å². The van der Waals surface area contributed by atoms with E-state index in [1.165, 1.54) is 0 Å². The van der Waals surface area contributed by atoms with Crippen LogP contribution in [0.2, 0.25) is 0 Å². The number of rotatable bonds is 1. The van der Waals surface area contributed by atoms with E-state index in [-0.39, 0.29) is 10.6 Å². The molecule has 2 aromatic heterocycles. The van der Waals surface area contributed by atoms with Gasteiger partial charge in [0.2, 0.25) is 0 Å². The first kappa shape index (κ1) is 11.6. The molecule has 0 fully saturated rings. The van der Waals surface area contributed by atoms with Crippen LogP contribution in [0.5, 0.6) is 0 Å². The summed E-state index contributed by atoms with van der Waals surface area (Å²) in [6, 6.07) is 9.70. The van der Waals surface area contributed by atoms with Gasteiger partial charge >= 0.3 is 11.3 Å². The molecule has 0 aliphatic carbocycles. The van der Waals surface area contributed by atoms with Crippen molar-refractivity contribution in [1.29, 1.82) is 0 Å². The van der Waals surface area contributed by atoms with Gasteiger partial charge in [-0.2, -0.15) is 4.40 Å². The average Bonchev–Trinajstić information content (AvgIpc) is 2.64. The second-order valence-electron chi connectivity index (χ2n) is 4.78. The number of para-hydroxylation sites is 2. The summed E-state index contributed by atoms with van der Waals surface area (Å²) < 4.78 is 3.83. The predicted octanol–water partition coefficient (Wildman–Crippen LogP) is 2.44. The Morgan fingerprint density at radius 1 is 1.26 bits per heavy atom. The van der Waals surface area contributed by atoms with Gasteiger partial charge in [0.15, 0.2) is 11.0 Å². The molecule has 0 bridgehead atoms. The van der Waals surface area contributed by atoms with E-state index in [9.17, 15) is 10.1 Å². The van der Waals surface area contributed by atoms with Gasteiger partial charge in [0.05, 0.1) is 12.0 Å². The molecular formula is C14H14N3O2+. The second-order valence-corrected chi connectivity index (χ2v) is 4.78. The number of hydrogen-bond acceptors (Lipinski definition) is 2. The van der Waals surface area contributed by atoms with E-state index < -0.39 is 0 Å². The zero-order valence-electron chi connectivity index (χ0n) is 11.0. The van der Waals surface area contributed by atoms with Crippen LogP contribution in [-0.2, 0) is 7.05 Å². The summed E-state index contributed by atoms with van der Waals surface area (Å²) in [6.45, 7) is 3.75. The summed E-state index contributed by atoms with van der Waals surface area (Å²) in [4.78, 5) is 11.1. The molecule has 2 heterocycles. The van der Waals surface area contributed by atoms with Crippen LogP contribution in [-0.4, -0.2) is 9.32 Å². The summed E-state index contributed by atoms with van der Waals surface area (Å²) in [6.07, 6.45) is 0. The van der Waals surface area contributed by atoms with Crippen LogP contribution in [0.15, 0.2) is 30.3 Å². The van der Waals surface area contributed by atoms with Crippen LogP contribution in [0, 0.1) is 24.0 Å². The predicted molar refractivity (Wildman–Crippen MR) is 72.2 cm³/mol. The first-order valence-corrected chi connectivity index (χ1v) is 6.06. The van der Waals surface area contributed by atoms with Gasteiger partial charge in [-0.25, -0.2) is 4.57 Å². The lowest BCUT2D eigenvalue weighted by Crippen LogP contribution is -2.28. The van der Waals surface area contributed by atoms with Crippen LogP contribution in [0.3, 0.4) is 0 Å². The molecule has 5 heteroatoms. The van der Waals surface area contributed by atoms with Crippen LogP contribution in [0.1, 0.15) is 11.3 Å². The highest BCUT2D eigenvalue weighted by Crippen LogP contribution is 2.27. The molecule has 0 aliphatic heterocycles. The fourth-order valence-electron chi connectivity index (χ4n) is 2.79. The van der Waals surface area contributed by atoms with Gasteiger partial charge in [0, 0.05) is 5.56 Å². The number of fused-ring (bicyclic) bond motifs is 3. The van der Waals surface area contributed by atoms with E-state index in [2.05, 4.69) is 0 Å². The van der Waals surface area contributed by atoms with Gasteiger partial charge in [-0.3, -0.25) is 10.1 Å². The fourth-order valence-corrected chi connectivity index (χ4v) is 2.79. The van der Waals surface area contributed by atoms with Crippen molar-refractivity contribution in [3.8, 4) is 0 Å². The normalized spacial score (nSPS) is 11.3. The second kappa shape index (κ2) is 3.78. The van der Waals surface area contributed by atoms with E-state index in [1.54, 1.807) is 6.92 Å². The van der Waals surface area contributed by atoms with Crippen molar-refractivity contribution < 1.29 is 9.49 Å². The first-order valence-electron chi connectivity index (χ1n) is 6.06. The monoisotopic (exact) mass is 256 g/mol. The SMILES string of the molecule is Cc1cc(C)n2c3ccccc3[n+](C)c2c1[N+](=O)[O-]. The molecule has 0 atom stereocenters. The summed E-state index contributed by atoms with van der Waals surface area (Å²) in [5.74, 6) is 0. The number of aromatic nitrogens is 2. The molecule has 0 radical (unpaired) electrons. The number of imidazole rings is 1. The summed E-state index contributed by atoms with van der Waals surface area (Å²) in [5.41, 5.74) is 4.45. The molecule has 0 unspecified atom stereocenters. The summed E-state index contributed by atoms with van der Waals surface area (Å²) >= 11 is 0. The van der Waals surface area contributed by atoms with Gasteiger partial charge in [0.1, 0.15) is 5.69 Å². The molecule has 19 heavy (non-hydrogen) atoms. The lowest BCUT2D eigenvalue weighted by atomic mass is 10.2. The van der Waals surface area contributed by atoms with E-state index in [1.807, 2.05) is 53.3 Å². The average molecular weight is 256 g/mol. The quantitative estimate of drug-likeness (QED) is 0.381. The molecule has 0 N–H and O–H groups in total. The van der Waals surface area contributed by atoms with Crippen LogP contribution < -0.4 is 4.57 Å². The topological polar surface area (TPSA) is 51.4 Å². The van der Waals surface area contributed by atoms with Crippen molar-refractivity contribution in [2.24, 2.45) is 7.05 Å². The standard InChI is InChI=1S/C14H14N3O2/c1-9-8-10(2)16-12-7-5-4-6-11(12)15(3)14(16)13(9)17(18)19/h4-8H,1-3H3/q+1. The minimum Gasteiger partial charge on any atom is -0.258 e. The summed E-state index contributed by atoms with van der Waals surface area (Å²) in [7, 11) is 1.86. The zero-order valence-corrected chi connectivity index (χ0v) is 11.0. The zero-order chi connectivity index (χ0) is 13.7. The minimum absolute atomic E-state index is 0.171. The van der Waals surface area contributed by atoms with Gasteiger partial charge in [0.25, 0.3) is 0 Å². The molecule has 0 amide bonds. The number of nitrogens with zero attached hydrogens (tertiary/aromatic N) is 3. The minimum atomic E-state index is -0.303. The number of aryl methyl sites for hydroxylation is 3. The third kappa shape index (κ3) is 1.44. The van der Waals surface area contributed by atoms with Crippen molar-refractivity contribution in [2.75, 3.05) is 0 Å². The van der Waals surface area contributed by atoms with Crippen molar-refractivity contribution in [3.05, 3.63) is 51.7 Å². The Morgan fingerprint density at radius 2 is 1.95 bits per heavy atom. The van der Waals surface area contributed by atoms with E-state index in [4.69, 9.17) is 0 Å². The Morgan fingerprint density at radius 3 is 2.63 bits per heavy atom. The largest absolute Gasteiger partial charge is 0.366 e. The highest BCUT2D eigenvalue weighted by atomic mass is 16.6. The molecule has 0 saturated heterocycles. The Balaban J connectivity index is 2.69. The maximum absolute atomic E-state index is 11.4. The van der Waals surface area contributed by atoms with Crippen molar-refractivity contribution >= 4 is 22.4 Å². The smallest absolute Gasteiger partial charge is 0.258 e. The fraction of sp³-hybridized carbons (Fsp3) is 0.214. The van der Waals surface area contributed by atoms with Crippen LogP contribution >= 0.6 is 0 Å². The van der Waals surface area contributed by atoms with Crippen molar-refractivity contribution in [3.63, 3.8) is 0 Å². The lowest BCUT2D eigenvalue weighted by molar-refractivity contribution is -0.620. The first-order chi connectivity index (χ1) is 9.02. The third-order valence-electron chi connectivity index (χ3n) is 3.56. The molecule has 3 rings (SSSR count). The highest BCUT2D eigenvalue weighted by Gasteiger charge is 2.30. The molecule has 0 saturated carbocycles. The number of benzene rings is 1. The summed E-state index contributed by atoms with van der Waals surface area (Å²) in [5, 5.41) is 11.4. The highest BCUT2D eigenvalue weighted by molar-refractivity contribution is 5.79. The molecule has 3 aromatic rings. The van der Waals surface area contributed by atoms with Gasteiger partial charge in [-0.15, -0.1) is 0 Å². The number of pyridine rings is 1. The Labute approximate surface area is 109 Å². The van der Waals surface area contributed by atoms with Gasteiger partial charge in [-0.1, -0.05) is 12.1 Å². The Hall–Kier alpha value is -2.43. The van der Waals surface area contributed by atoms with Crippen molar-refractivity contribution in [2.45, 2.75) is 13.8 Å². The van der Waals surface area contributed by atoms with E-state index >= 15 is 0 Å². The molecule has 96 valence electrons. The Kier molecular flexibility index (Phi) is 2.32. The maximum Gasteiger partial charge on any atom is 0.366 e. The third-order valence-corrected chi connectivity index (χ3v) is 3.56. The molecular weight excluding hydrogens is 242 g/mol. The lowest BCUT2D eigenvalue weighted by Gasteiger charge is -1.99. The van der Waals surface area contributed by atoms with Gasteiger partial charge in [-0.05, 0) is 32.0 Å². The van der Waals surface area contributed by atoms with Crippen LogP contribution in [0.4, 0.5) is 5.69 Å².